The van der Waals surface area contributed by atoms with Gasteiger partial charge in [0.05, 0.1) is 25.9 Å². The third-order valence-corrected chi connectivity index (χ3v) is 4.65. The van der Waals surface area contributed by atoms with Crippen molar-refractivity contribution in [3.05, 3.63) is 48.8 Å². The lowest BCUT2D eigenvalue weighted by Gasteiger charge is -2.49. The number of pyridine rings is 1. The molecule has 2 saturated heterocycles. The summed E-state index contributed by atoms with van der Waals surface area (Å²) in [4.78, 5) is 26.2. The molecule has 1 amide bonds. The zero-order valence-corrected chi connectivity index (χ0v) is 13.2. The molecule has 2 fully saturated rings. The Kier molecular flexibility index (Phi) is 3.86. The van der Waals surface area contributed by atoms with E-state index in [-0.39, 0.29) is 23.3 Å². The summed E-state index contributed by atoms with van der Waals surface area (Å²) in [7, 11) is 0. The highest BCUT2D eigenvalue weighted by Gasteiger charge is 2.55. The van der Waals surface area contributed by atoms with E-state index in [1.807, 2.05) is 12.1 Å². The van der Waals surface area contributed by atoms with Gasteiger partial charge in [-0.25, -0.2) is 9.97 Å². The minimum absolute atomic E-state index is 0.149. The van der Waals surface area contributed by atoms with Crippen molar-refractivity contribution in [1.82, 2.24) is 19.9 Å². The van der Waals surface area contributed by atoms with Crippen molar-refractivity contribution >= 4 is 5.91 Å². The Morgan fingerprint density at radius 1 is 1.29 bits per heavy atom. The Balaban J connectivity index is 1.37. The molecule has 0 aliphatic carbocycles. The maximum absolute atomic E-state index is 12.4. The van der Waals surface area contributed by atoms with Crippen LogP contribution in [0.15, 0.2) is 43.0 Å². The number of amides is 1. The van der Waals surface area contributed by atoms with Gasteiger partial charge in [-0.3, -0.25) is 9.78 Å². The molecule has 4 rings (SSSR count). The van der Waals surface area contributed by atoms with Crippen LogP contribution in [0.1, 0.15) is 17.0 Å². The van der Waals surface area contributed by atoms with Crippen LogP contribution in [0, 0.1) is 5.92 Å². The second kappa shape index (κ2) is 6.16. The molecule has 0 bridgehead atoms. The molecule has 2 aromatic rings. The minimum Gasteiger partial charge on any atom is -0.492 e. The summed E-state index contributed by atoms with van der Waals surface area (Å²) in [5, 5.41) is 0. The van der Waals surface area contributed by atoms with Crippen molar-refractivity contribution in [2.45, 2.75) is 12.0 Å². The Morgan fingerprint density at radius 3 is 2.88 bits per heavy atom. The van der Waals surface area contributed by atoms with Gasteiger partial charge in [-0.15, -0.1) is 0 Å². The molecule has 1 unspecified atom stereocenters. The number of nitrogens with zero attached hydrogens (tertiary/aromatic N) is 4. The van der Waals surface area contributed by atoms with E-state index in [1.54, 1.807) is 35.8 Å². The van der Waals surface area contributed by atoms with Crippen molar-refractivity contribution < 1.29 is 14.3 Å². The number of carbonyl (C=O) groups is 1. The van der Waals surface area contributed by atoms with Crippen LogP contribution in [0.2, 0.25) is 0 Å². The number of ether oxygens (including phenoxy) is 2. The third kappa shape index (κ3) is 2.71. The van der Waals surface area contributed by atoms with Gasteiger partial charge in [0.15, 0.2) is 0 Å². The molecular formula is C17H18N4O3. The molecule has 0 saturated carbocycles. The molecule has 2 aliphatic rings. The van der Waals surface area contributed by atoms with E-state index >= 15 is 0 Å². The van der Waals surface area contributed by atoms with Crippen LogP contribution in [0.4, 0.5) is 0 Å². The fraction of sp³-hybridized carbons (Fsp3) is 0.412. The fourth-order valence-corrected chi connectivity index (χ4v) is 3.29. The maximum Gasteiger partial charge on any atom is 0.291 e. The average molecular weight is 326 g/mol. The molecule has 7 nitrogen and oxygen atoms in total. The highest BCUT2D eigenvalue weighted by molar-refractivity contribution is 5.91. The van der Waals surface area contributed by atoms with Gasteiger partial charge in [0, 0.05) is 31.1 Å². The van der Waals surface area contributed by atoms with Crippen molar-refractivity contribution in [2.24, 2.45) is 5.92 Å². The predicted octanol–water partition coefficient (Wildman–Crippen LogP) is 1.18. The van der Waals surface area contributed by atoms with Crippen LogP contribution in [-0.4, -0.2) is 57.7 Å². The first-order chi connectivity index (χ1) is 11.8. The Labute approximate surface area is 139 Å². The average Bonchev–Trinajstić information content (AvgIpc) is 3.04. The highest BCUT2D eigenvalue weighted by Crippen LogP contribution is 2.40. The fourth-order valence-electron chi connectivity index (χ4n) is 3.29. The van der Waals surface area contributed by atoms with E-state index < -0.39 is 0 Å². The van der Waals surface area contributed by atoms with Gasteiger partial charge in [0.25, 0.3) is 5.91 Å². The van der Waals surface area contributed by atoms with E-state index in [0.717, 1.165) is 12.2 Å². The number of rotatable bonds is 4. The van der Waals surface area contributed by atoms with Crippen LogP contribution in [0.25, 0.3) is 0 Å². The summed E-state index contributed by atoms with van der Waals surface area (Å²) in [5.74, 6) is 1.10. The van der Waals surface area contributed by atoms with Crippen LogP contribution in [-0.2, 0) is 4.74 Å². The van der Waals surface area contributed by atoms with Crippen LogP contribution in [0.3, 0.4) is 0 Å². The molecular weight excluding hydrogens is 308 g/mol. The van der Waals surface area contributed by atoms with Gasteiger partial charge in [0.1, 0.15) is 11.4 Å². The minimum atomic E-state index is -0.299. The summed E-state index contributed by atoms with van der Waals surface area (Å²) in [6, 6.07) is 5.43. The lowest BCUT2D eigenvalue weighted by molar-refractivity contribution is -0.122. The van der Waals surface area contributed by atoms with E-state index in [9.17, 15) is 4.79 Å². The van der Waals surface area contributed by atoms with Crippen LogP contribution in [0.5, 0.6) is 5.75 Å². The molecule has 1 spiro atoms. The normalized spacial score (nSPS) is 21.5. The van der Waals surface area contributed by atoms with E-state index in [4.69, 9.17) is 9.47 Å². The summed E-state index contributed by atoms with van der Waals surface area (Å²) in [5.41, 5.74) is -0.299. The van der Waals surface area contributed by atoms with Crippen molar-refractivity contribution in [3.8, 4) is 5.75 Å². The second-order valence-electron chi connectivity index (χ2n) is 6.13. The van der Waals surface area contributed by atoms with Crippen molar-refractivity contribution in [2.75, 3.05) is 26.3 Å². The zero-order chi connectivity index (χ0) is 16.4. The molecule has 4 heterocycles. The number of hydrogen-bond donors (Lipinski definition) is 0. The number of aromatic nitrogens is 3. The quantitative estimate of drug-likeness (QED) is 0.840. The first kappa shape index (κ1) is 15.0. The molecule has 124 valence electrons. The van der Waals surface area contributed by atoms with Crippen molar-refractivity contribution in [1.29, 1.82) is 0 Å². The topological polar surface area (TPSA) is 77.4 Å². The molecule has 2 aromatic heterocycles. The molecule has 2 aliphatic heterocycles. The number of hydrogen-bond acceptors (Lipinski definition) is 6. The number of carbonyl (C=O) groups excluding carboxylic acids is 1. The van der Waals surface area contributed by atoms with Gasteiger partial charge in [-0.05, 0) is 24.6 Å². The largest absolute Gasteiger partial charge is 0.492 e. The Hall–Kier alpha value is -2.54. The Morgan fingerprint density at radius 2 is 2.12 bits per heavy atom. The highest BCUT2D eigenvalue weighted by atomic mass is 16.5. The van der Waals surface area contributed by atoms with E-state index in [0.29, 0.717) is 26.3 Å². The second-order valence-corrected chi connectivity index (χ2v) is 6.13. The summed E-state index contributed by atoms with van der Waals surface area (Å²) in [6.45, 7) is 2.39. The monoisotopic (exact) mass is 326 g/mol. The zero-order valence-electron chi connectivity index (χ0n) is 13.2. The van der Waals surface area contributed by atoms with E-state index in [1.165, 1.54) is 0 Å². The first-order valence-electron chi connectivity index (χ1n) is 8.00. The van der Waals surface area contributed by atoms with E-state index in [2.05, 4.69) is 15.0 Å². The van der Waals surface area contributed by atoms with Gasteiger partial charge in [-0.2, -0.15) is 0 Å². The van der Waals surface area contributed by atoms with Crippen LogP contribution >= 0.6 is 0 Å². The van der Waals surface area contributed by atoms with Crippen LogP contribution < -0.4 is 4.74 Å². The molecule has 1 atom stereocenters. The summed E-state index contributed by atoms with van der Waals surface area (Å²) in [6.07, 6.45) is 7.50. The molecule has 0 aromatic carbocycles. The smallest absolute Gasteiger partial charge is 0.291 e. The van der Waals surface area contributed by atoms with Gasteiger partial charge in [0.2, 0.25) is 5.82 Å². The summed E-state index contributed by atoms with van der Waals surface area (Å²) >= 11 is 0. The number of likely N-dealkylation sites (tertiary alicyclic amines) is 1. The SMILES string of the molecule is O=C(c1ncccn1)N1CC2(C1)OCCC2COc1cccnc1. The third-order valence-electron chi connectivity index (χ3n) is 4.65. The standard InChI is InChI=1S/C17H18N4O3/c22-16(15-19-6-2-7-20-15)21-11-17(12-21)13(4-8-24-17)10-23-14-3-1-5-18-9-14/h1-3,5-7,9,13H,4,8,10-12H2. The van der Waals surface area contributed by atoms with Gasteiger partial charge in [-0.1, -0.05) is 0 Å². The maximum atomic E-state index is 12.4. The molecule has 0 radical (unpaired) electrons. The first-order valence-corrected chi connectivity index (χ1v) is 8.00. The molecule has 7 heteroatoms. The summed E-state index contributed by atoms with van der Waals surface area (Å²) < 4.78 is 11.8. The van der Waals surface area contributed by atoms with Gasteiger partial charge < -0.3 is 14.4 Å². The molecule has 0 N–H and O–H groups in total. The van der Waals surface area contributed by atoms with Crippen molar-refractivity contribution in [3.63, 3.8) is 0 Å². The van der Waals surface area contributed by atoms with Gasteiger partial charge >= 0.3 is 0 Å². The molecule has 24 heavy (non-hydrogen) atoms. The predicted molar refractivity (Wildman–Crippen MR) is 84.5 cm³/mol. The lowest BCUT2D eigenvalue weighted by atomic mass is 9.81. The Bertz CT molecular complexity index is 704. The lowest BCUT2D eigenvalue weighted by Crippen LogP contribution is -2.66.